The van der Waals surface area contributed by atoms with Crippen LogP contribution in [0.3, 0.4) is 0 Å². The number of carbonyl (C=O) groups excluding carboxylic acids is 2. The van der Waals surface area contributed by atoms with Crippen LogP contribution in [-0.4, -0.2) is 64.5 Å². The molecule has 3 aromatic rings. The van der Waals surface area contributed by atoms with Crippen LogP contribution in [0.15, 0.2) is 30.6 Å². The number of aromatic nitrogens is 3. The van der Waals surface area contributed by atoms with Crippen molar-refractivity contribution < 1.29 is 19.1 Å². The SMILES string of the molecule is COc1ccc(OCC2CC2)c(-c2ncc3[nH]cc(C(=O)NC4CCN(C(C)=O)CC4)c3n2)c1. The molecular formula is C25H29N5O4. The number of aromatic amines is 1. The minimum Gasteiger partial charge on any atom is -0.497 e. The van der Waals surface area contributed by atoms with Gasteiger partial charge in [-0.3, -0.25) is 9.59 Å². The monoisotopic (exact) mass is 463 g/mol. The molecule has 1 saturated carbocycles. The molecule has 178 valence electrons. The van der Waals surface area contributed by atoms with Gasteiger partial charge >= 0.3 is 0 Å². The molecule has 9 nitrogen and oxygen atoms in total. The van der Waals surface area contributed by atoms with E-state index >= 15 is 0 Å². The summed E-state index contributed by atoms with van der Waals surface area (Å²) in [7, 11) is 1.61. The van der Waals surface area contributed by atoms with Gasteiger partial charge in [-0.2, -0.15) is 0 Å². The molecule has 1 aliphatic heterocycles. The van der Waals surface area contributed by atoms with E-state index in [-0.39, 0.29) is 17.9 Å². The maximum absolute atomic E-state index is 13.1. The molecule has 1 saturated heterocycles. The van der Waals surface area contributed by atoms with Gasteiger partial charge in [0, 0.05) is 32.3 Å². The summed E-state index contributed by atoms with van der Waals surface area (Å²) in [4.78, 5) is 38.8. The van der Waals surface area contributed by atoms with Crippen LogP contribution >= 0.6 is 0 Å². The highest BCUT2D eigenvalue weighted by atomic mass is 16.5. The molecule has 0 unspecified atom stereocenters. The second kappa shape index (κ2) is 9.32. The Morgan fingerprint density at radius 3 is 2.71 bits per heavy atom. The molecule has 2 aromatic heterocycles. The minimum atomic E-state index is -0.187. The molecule has 2 fully saturated rings. The maximum Gasteiger partial charge on any atom is 0.255 e. The van der Waals surface area contributed by atoms with Gasteiger partial charge in [0.2, 0.25) is 5.91 Å². The number of ether oxygens (including phenoxy) is 2. The number of likely N-dealkylation sites (tertiary alicyclic amines) is 1. The fourth-order valence-electron chi connectivity index (χ4n) is 4.24. The molecule has 3 heterocycles. The molecule has 0 bridgehead atoms. The zero-order chi connectivity index (χ0) is 23.7. The highest BCUT2D eigenvalue weighted by molar-refractivity contribution is 6.05. The molecule has 9 heteroatoms. The first-order valence-electron chi connectivity index (χ1n) is 11.7. The van der Waals surface area contributed by atoms with Gasteiger partial charge in [0.25, 0.3) is 5.91 Å². The average Bonchev–Trinajstić information content (AvgIpc) is 3.59. The van der Waals surface area contributed by atoms with E-state index in [9.17, 15) is 9.59 Å². The van der Waals surface area contributed by atoms with Crippen molar-refractivity contribution in [3.8, 4) is 22.9 Å². The molecule has 1 aliphatic carbocycles. The standard InChI is InChI=1S/C25H29N5O4/c1-15(31)30-9-7-17(8-10-30)28-25(32)20-12-26-21-13-27-24(29-23(20)21)19-11-18(33-2)5-6-22(19)34-14-16-3-4-16/h5-6,11-13,16-17,26H,3-4,7-10,14H2,1-2H3,(H,28,32). The zero-order valence-corrected chi connectivity index (χ0v) is 19.5. The number of H-pyrrole nitrogens is 1. The third-order valence-electron chi connectivity index (χ3n) is 6.54. The third-order valence-corrected chi connectivity index (χ3v) is 6.54. The number of hydrogen-bond donors (Lipinski definition) is 2. The highest BCUT2D eigenvalue weighted by Crippen LogP contribution is 2.35. The molecular weight excluding hydrogens is 434 g/mol. The third kappa shape index (κ3) is 4.69. The van der Waals surface area contributed by atoms with Gasteiger partial charge in [-0.15, -0.1) is 0 Å². The fraction of sp³-hybridized carbons (Fsp3) is 0.440. The summed E-state index contributed by atoms with van der Waals surface area (Å²) in [6, 6.07) is 5.62. The first-order chi connectivity index (χ1) is 16.5. The van der Waals surface area contributed by atoms with E-state index in [2.05, 4.69) is 15.3 Å². The number of nitrogens with zero attached hydrogens (tertiary/aromatic N) is 3. The van der Waals surface area contributed by atoms with Crippen molar-refractivity contribution in [3.63, 3.8) is 0 Å². The normalized spacial score (nSPS) is 16.5. The summed E-state index contributed by atoms with van der Waals surface area (Å²) < 4.78 is 11.5. The second-order valence-electron chi connectivity index (χ2n) is 9.03. The van der Waals surface area contributed by atoms with Gasteiger partial charge in [-0.05, 0) is 49.8 Å². The van der Waals surface area contributed by atoms with Crippen LogP contribution in [0.5, 0.6) is 11.5 Å². The van der Waals surface area contributed by atoms with Crippen molar-refractivity contribution in [2.75, 3.05) is 26.8 Å². The van der Waals surface area contributed by atoms with Crippen molar-refractivity contribution in [1.29, 1.82) is 0 Å². The molecule has 0 radical (unpaired) electrons. The van der Waals surface area contributed by atoms with Gasteiger partial charge in [-0.1, -0.05) is 0 Å². The predicted molar refractivity (Wildman–Crippen MR) is 127 cm³/mol. The highest BCUT2D eigenvalue weighted by Gasteiger charge is 2.25. The van der Waals surface area contributed by atoms with Crippen LogP contribution in [0.2, 0.25) is 0 Å². The Morgan fingerprint density at radius 1 is 1.21 bits per heavy atom. The number of amides is 2. The van der Waals surface area contributed by atoms with Crippen molar-refractivity contribution in [2.45, 2.75) is 38.6 Å². The predicted octanol–water partition coefficient (Wildman–Crippen LogP) is 3.16. The van der Waals surface area contributed by atoms with Gasteiger partial charge < -0.3 is 24.7 Å². The van der Waals surface area contributed by atoms with Crippen molar-refractivity contribution >= 4 is 22.8 Å². The number of benzene rings is 1. The summed E-state index contributed by atoms with van der Waals surface area (Å²) >= 11 is 0. The lowest BCUT2D eigenvalue weighted by Crippen LogP contribution is -2.45. The minimum absolute atomic E-state index is 0.0233. The van der Waals surface area contributed by atoms with Crippen molar-refractivity contribution in [1.82, 2.24) is 25.2 Å². The Hall–Kier alpha value is -3.62. The molecule has 2 N–H and O–H groups in total. The number of nitrogens with one attached hydrogen (secondary N) is 2. The van der Waals surface area contributed by atoms with E-state index < -0.39 is 0 Å². The van der Waals surface area contributed by atoms with Gasteiger partial charge in [0.1, 0.15) is 17.0 Å². The molecule has 0 spiro atoms. The molecule has 2 aliphatic rings. The molecule has 1 aromatic carbocycles. The fourth-order valence-corrected chi connectivity index (χ4v) is 4.24. The van der Waals surface area contributed by atoms with Crippen LogP contribution in [-0.2, 0) is 4.79 Å². The van der Waals surface area contributed by atoms with Crippen LogP contribution < -0.4 is 14.8 Å². The topological polar surface area (TPSA) is 109 Å². The van der Waals surface area contributed by atoms with Crippen LogP contribution in [0, 0.1) is 5.92 Å². The van der Waals surface area contributed by atoms with Gasteiger partial charge in [0.05, 0.1) is 36.6 Å². The Morgan fingerprint density at radius 2 is 2.00 bits per heavy atom. The largest absolute Gasteiger partial charge is 0.497 e. The summed E-state index contributed by atoms with van der Waals surface area (Å²) in [5, 5.41) is 3.10. The quantitative estimate of drug-likeness (QED) is 0.557. The summed E-state index contributed by atoms with van der Waals surface area (Å²) in [5.41, 5.74) is 2.44. The zero-order valence-electron chi connectivity index (χ0n) is 19.5. The van der Waals surface area contributed by atoms with Crippen LogP contribution in [0.25, 0.3) is 22.4 Å². The maximum atomic E-state index is 13.1. The van der Waals surface area contributed by atoms with E-state index in [1.54, 1.807) is 26.4 Å². The molecule has 34 heavy (non-hydrogen) atoms. The molecule has 5 rings (SSSR count). The van der Waals surface area contributed by atoms with Gasteiger partial charge in [-0.25, -0.2) is 9.97 Å². The average molecular weight is 464 g/mol. The van der Waals surface area contributed by atoms with E-state index in [1.165, 1.54) is 12.8 Å². The van der Waals surface area contributed by atoms with Crippen molar-refractivity contribution in [2.24, 2.45) is 5.92 Å². The first-order valence-corrected chi connectivity index (χ1v) is 11.7. The molecule has 0 atom stereocenters. The lowest BCUT2D eigenvalue weighted by molar-refractivity contribution is -0.129. The Bertz CT molecular complexity index is 1210. The van der Waals surface area contributed by atoms with E-state index in [1.807, 2.05) is 23.1 Å². The lowest BCUT2D eigenvalue weighted by atomic mass is 10.0. The Kier molecular flexibility index (Phi) is 6.08. The summed E-state index contributed by atoms with van der Waals surface area (Å²) in [6.45, 7) is 3.55. The Balaban J connectivity index is 1.39. The summed E-state index contributed by atoms with van der Waals surface area (Å²) in [5.74, 6) is 2.35. The van der Waals surface area contributed by atoms with Crippen LogP contribution in [0.4, 0.5) is 0 Å². The van der Waals surface area contributed by atoms with Crippen molar-refractivity contribution in [3.05, 3.63) is 36.2 Å². The number of hydrogen-bond acceptors (Lipinski definition) is 6. The summed E-state index contributed by atoms with van der Waals surface area (Å²) in [6.07, 6.45) is 7.22. The number of rotatable bonds is 7. The number of piperidine rings is 1. The van der Waals surface area contributed by atoms with E-state index in [0.717, 1.165) is 18.4 Å². The smallest absolute Gasteiger partial charge is 0.255 e. The number of fused-ring (bicyclic) bond motifs is 1. The molecule has 2 amide bonds. The number of methoxy groups -OCH3 is 1. The Labute approximate surface area is 197 Å². The number of carbonyl (C=O) groups is 2. The van der Waals surface area contributed by atoms with Crippen LogP contribution in [0.1, 0.15) is 43.0 Å². The first kappa shape index (κ1) is 22.2. The van der Waals surface area contributed by atoms with Gasteiger partial charge in [0.15, 0.2) is 5.82 Å². The van der Waals surface area contributed by atoms with E-state index in [4.69, 9.17) is 14.5 Å². The van der Waals surface area contributed by atoms with E-state index in [0.29, 0.717) is 59.5 Å². The second-order valence-corrected chi connectivity index (χ2v) is 9.03. The lowest BCUT2D eigenvalue weighted by Gasteiger charge is -2.31.